The van der Waals surface area contributed by atoms with Crippen LogP contribution in [-0.4, -0.2) is 21.0 Å². The fourth-order valence-electron chi connectivity index (χ4n) is 2.02. The second kappa shape index (κ2) is 6.05. The maximum Gasteiger partial charge on any atom is 0.354 e. The summed E-state index contributed by atoms with van der Waals surface area (Å²) in [4.78, 5) is 19.3. The zero-order chi connectivity index (χ0) is 14.7. The van der Waals surface area contributed by atoms with Crippen molar-refractivity contribution < 1.29 is 9.90 Å². The Balaban J connectivity index is 2.16. The number of carbonyl (C=O) groups is 1. The third-order valence-electron chi connectivity index (χ3n) is 2.70. The largest absolute Gasteiger partial charge is 0.477 e. The number of rotatable bonds is 4. The van der Waals surface area contributed by atoms with Crippen LogP contribution in [0.1, 0.15) is 32.9 Å². The highest BCUT2D eigenvalue weighted by molar-refractivity contribution is 7.98. The molecule has 104 valence electrons. The topological polar surface area (TPSA) is 63.1 Å². The molecular formula is C15H16N2O2S. The van der Waals surface area contributed by atoms with Gasteiger partial charge < -0.3 is 5.11 Å². The molecule has 0 atom stereocenters. The molecule has 1 aromatic heterocycles. The molecule has 0 aliphatic carbocycles. The number of nitrogens with zero attached hydrogens (tertiary/aromatic N) is 2. The van der Waals surface area contributed by atoms with Crippen molar-refractivity contribution in [2.24, 2.45) is 0 Å². The summed E-state index contributed by atoms with van der Waals surface area (Å²) >= 11 is 1.45. The molecule has 1 N–H and O–H groups in total. The number of benzene rings is 1. The van der Waals surface area contributed by atoms with Gasteiger partial charge >= 0.3 is 5.97 Å². The summed E-state index contributed by atoms with van der Waals surface area (Å²) in [5, 5.41) is 9.49. The molecule has 0 spiro atoms. The van der Waals surface area contributed by atoms with Gasteiger partial charge in [0.15, 0.2) is 10.9 Å². The zero-order valence-corrected chi connectivity index (χ0v) is 12.5. The lowest BCUT2D eigenvalue weighted by atomic mass is 10.1. The normalized spacial score (nSPS) is 10.6. The summed E-state index contributed by atoms with van der Waals surface area (Å²) < 4.78 is 0. The van der Waals surface area contributed by atoms with Crippen LogP contribution in [0.4, 0.5) is 0 Å². The minimum Gasteiger partial charge on any atom is -0.477 e. The van der Waals surface area contributed by atoms with Crippen molar-refractivity contribution in [1.29, 1.82) is 0 Å². The third kappa shape index (κ3) is 3.81. The highest BCUT2D eigenvalue weighted by Crippen LogP contribution is 2.21. The van der Waals surface area contributed by atoms with E-state index in [1.54, 1.807) is 6.92 Å². The first kappa shape index (κ1) is 14.5. The Bertz CT molecular complexity index is 636. The van der Waals surface area contributed by atoms with Gasteiger partial charge in [-0.1, -0.05) is 41.1 Å². The van der Waals surface area contributed by atoms with Crippen LogP contribution >= 0.6 is 11.8 Å². The van der Waals surface area contributed by atoms with E-state index in [9.17, 15) is 4.79 Å². The van der Waals surface area contributed by atoms with Gasteiger partial charge in [-0.3, -0.25) is 0 Å². The maximum absolute atomic E-state index is 11.0. The van der Waals surface area contributed by atoms with Gasteiger partial charge in [0.1, 0.15) is 0 Å². The van der Waals surface area contributed by atoms with Crippen LogP contribution in [0.25, 0.3) is 0 Å². The van der Waals surface area contributed by atoms with Crippen LogP contribution in [-0.2, 0) is 5.75 Å². The van der Waals surface area contributed by atoms with Gasteiger partial charge in [-0.2, -0.15) is 0 Å². The van der Waals surface area contributed by atoms with E-state index >= 15 is 0 Å². The summed E-state index contributed by atoms with van der Waals surface area (Å²) in [5.74, 6) is -0.297. The minimum absolute atomic E-state index is 0.0421. The number of carboxylic acids is 1. The van der Waals surface area contributed by atoms with E-state index in [0.717, 1.165) is 5.75 Å². The molecule has 0 aliphatic heterocycles. The summed E-state index contributed by atoms with van der Waals surface area (Å²) in [6.45, 7) is 5.90. The molecule has 2 aromatic rings. The molecule has 1 heterocycles. The number of aryl methyl sites for hydroxylation is 3. The van der Waals surface area contributed by atoms with Gasteiger partial charge in [-0.15, -0.1) is 0 Å². The first-order valence-corrected chi connectivity index (χ1v) is 7.21. The van der Waals surface area contributed by atoms with Crippen LogP contribution < -0.4 is 0 Å². The first-order chi connectivity index (χ1) is 9.44. The second-order valence-corrected chi connectivity index (χ2v) is 5.71. The predicted molar refractivity (Wildman–Crippen MR) is 79.2 cm³/mol. The fraction of sp³-hybridized carbons (Fsp3) is 0.267. The van der Waals surface area contributed by atoms with Crippen LogP contribution in [0.5, 0.6) is 0 Å². The molecule has 20 heavy (non-hydrogen) atoms. The zero-order valence-electron chi connectivity index (χ0n) is 11.7. The molecule has 0 amide bonds. The van der Waals surface area contributed by atoms with Gasteiger partial charge in [0, 0.05) is 11.4 Å². The lowest BCUT2D eigenvalue weighted by molar-refractivity contribution is 0.0689. The van der Waals surface area contributed by atoms with Crippen molar-refractivity contribution in [3.05, 3.63) is 52.3 Å². The first-order valence-electron chi connectivity index (χ1n) is 6.23. The molecule has 4 nitrogen and oxygen atoms in total. The van der Waals surface area contributed by atoms with E-state index in [4.69, 9.17) is 5.11 Å². The quantitative estimate of drug-likeness (QED) is 0.690. The maximum atomic E-state index is 11.0. The molecule has 0 bridgehead atoms. The average Bonchev–Trinajstić information content (AvgIpc) is 2.34. The predicted octanol–water partition coefficient (Wildman–Crippen LogP) is 3.39. The Morgan fingerprint density at radius 3 is 2.35 bits per heavy atom. The van der Waals surface area contributed by atoms with E-state index in [0.29, 0.717) is 10.9 Å². The van der Waals surface area contributed by atoms with Crippen molar-refractivity contribution in [3.63, 3.8) is 0 Å². The molecule has 0 aliphatic rings. The Morgan fingerprint density at radius 2 is 1.75 bits per heavy atom. The van der Waals surface area contributed by atoms with Crippen LogP contribution in [0.2, 0.25) is 0 Å². The number of aromatic carboxylic acids is 1. The Hall–Kier alpha value is -1.88. The van der Waals surface area contributed by atoms with E-state index in [2.05, 4.69) is 42.0 Å². The third-order valence-corrected chi connectivity index (χ3v) is 3.62. The summed E-state index contributed by atoms with van der Waals surface area (Å²) in [6, 6.07) is 7.84. The van der Waals surface area contributed by atoms with E-state index < -0.39 is 5.97 Å². The number of carboxylic acid groups (broad SMARTS) is 1. The second-order valence-electron chi connectivity index (χ2n) is 4.77. The van der Waals surface area contributed by atoms with Gasteiger partial charge in [0.2, 0.25) is 0 Å². The molecule has 0 radical (unpaired) electrons. The van der Waals surface area contributed by atoms with Crippen molar-refractivity contribution in [2.45, 2.75) is 31.7 Å². The highest BCUT2D eigenvalue weighted by Gasteiger charge is 2.09. The van der Waals surface area contributed by atoms with E-state index in [1.807, 2.05) is 0 Å². The van der Waals surface area contributed by atoms with E-state index in [1.165, 1.54) is 34.5 Å². The SMILES string of the molecule is Cc1cc(C)cc(CSc2nc(C)cc(C(=O)O)n2)c1. The Morgan fingerprint density at radius 1 is 1.10 bits per heavy atom. The number of hydrogen-bond acceptors (Lipinski definition) is 4. The highest BCUT2D eigenvalue weighted by atomic mass is 32.2. The summed E-state index contributed by atoms with van der Waals surface area (Å²) in [7, 11) is 0. The van der Waals surface area contributed by atoms with Gasteiger partial charge in [-0.25, -0.2) is 14.8 Å². The van der Waals surface area contributed by atoms with Gasteiger partial charge in [0.05, 0.1) is 0 Å². The number of thioether (sulfide) groups is 1. The van der Waals surface area contributed by atoms with Gasteiger partial charge in [0.25, 0.3) is 0 Å². The van der Waals surface area contributed by atoms with Crippen molar-refractivity contribution in [3.8, 4) is 0 Å². The number of hydrogen-bond donors (Lipinski definition) is 1. The van der Waals surface area contributed by atoms with Crippen molar-refractivity contribution in [1.82, 2.24) is 9.97 Å². The molecule has 0 unspecified atom stereocenters. The fourth-order valence-corrected chi connectivity index (χ4v) is 2.85. The Labute approximate surface area is 122 Å². The van der Waals surface area contributed by atoms with Crippen LogP contribution in [0, 0.1) is 20.8 Å². The van der Waals surface area contributed by atoms with Crippen molar-refractivity contribution >= 4 is 17.7 Å². The van der Waals surface area contributed by atoms with E-state index in [-0.39, 0.29) is 5.69 Å². The molecule has 2 rings (SSSR count). The molecule has 1 aromatic carbocycles. The minimum atomic E-state index is -1.02. The molecule has 0 saturated heterocycles. The Kier molecular flexibility index (Phi) is 4.39. The van der Waals surface area contributed by atoms with Crippen LogP contribution in [0.15, 0.2) is 29.4 Å². The molecule has 0 saturated carbocycles. The lowest BCUT2D eigenvalue weighted by Crippen LogP contribution is -2.03. The monoisotopic (exact) mass is 288 g/mol. The molecule has 5 heteroatoms. The average molecular weight is 288 g/mol. The van der Waals surface area contributed by atoms with Gasteiger partial charge in [-0.05, 0) is 32.4 Å². The molecular weight excluding hydrogens is 272 g/mol. The van der Waals surface area contributed by atoms with Crippen molar-refractivity contribution in [2.75, 3.05) is 0 Å². The number of aromatic nitrogens is 2. The molecule has 0 fully saturated rings. The summed E-state index contributed by atoms with van der Waals surface area (Å²) in [5.41, 5.74) is 4.34. The standard InChI is InChI=1S/C15H16N2O2S/c1-9-4-10(2)6-12(5-9)8-20-15-16-11(3)7-13(17-15)14(18)19/h4-7H,8H2,1-3H3,(H,18,19). The lowest BCUT2D eigenvalue weighted by Gasteiger charge is -2.05. The summed E-state index contributed by atoms with van der Waals surface area (Å²) in [6.07, 6.45) is 0. The van der Waals surface area contributed by atoms with Crippen LogP contribution in [0.3, 0.4) is 0 Å². The smallest absolute Gasteiger partial charge is 0.354 e.